The Labute approximate surface area is 176 Å². The molecular formula is C22H28N4O4. The molecule has 3 rings (SSSR count). The first-order valence-electron chi connectivity index (χ1n) is 9.95. The molecule has 0 spiro atoms. The molecule has 8 nitrogen and oxygen atoms in total. The highest BCUT2D eigenvalue weighted by Gasteiger charge is 2.32. The summed E-state index contributed by atoms with van der Waals surface area (Å²) in [7, 11) is 0. The van der Waals surface area contributed by atoms with Crippen molar-refractivity contribution in [1.82, 2.24) is 20.3 Å². The standard InChI is InChI=1S/C22H28N4O4/c1-22(2,3)30-21(28)25-12-11-23-14-19(25)17-9-10-24-18(13-17)20(27)26(29)15-16-7-5-4-6-8-16/h4-10,13,19,23,29H,11-12,14-15H2,1-3H3. The summed E-state index contributed by atoms with van der Waals surface area (Å²) < 4.78 is 5.54. The minimum Gasteiger partial charge on any atom is -0.444 e. The normalized spacial score (nSPS) is 16.8. The molecule has 8 heteroatoms. The van der Waals surface area contributed by atoms with Crippen molar-refractivity contribution in [2.24, 2.45) is 0 Å². The Balaban J connectivity index is 1.77. The van der Waals surface area contributed by atoms with Gasteiger partial charge in [0.2, 0.25) is 0 Å². The monoisotopic (exact) mass is 412 g/mol. The molecule has 0 saturated carbocycles. The lowest BCUT2D eigenvalue weighted by Crippen LogP contribution is -2.50. The summed E-state index contributed by atoms with van der Waals surface area (Å²) in [4.78, 5) is 31.1. The molecule has 0 aliphatic carbocycles. The summed E-state index contributed by atoms with van der Waals surface area (Å²) in [5.41, 5.74) is 1.07. The highest BCUT2D eigenvalue weighted by molar-refractivity contribution is 5.91. The highest BCUT2D eigenvalue weighted by atomic mass is 16.6. The maximum Gasteiger partial charge on any atom is 0.410 e. The lowest BCUT2D eigenvalue weighted by molar-refractivity contribution is -0.0652. The fourth-order valence-electron chi connectivity index (χ4n) is 3.27. The van der Waals surface area contributed by atoms with E-state index in [1.807, 2.05) is 51.1 Å². The number of nitrogens with zero attached hydrogens (tertiary/aromatic N) is 3. The Morgan fingerprint density at radius 3 is 2.70 bits per heavy atom. The summed E-state index contributed by atoms with van der Waals surface area (Å²) in [5.74, 6) is -0.603. The second-order valence-corrected chi connectivity index (χ2v) is 8.22. The maximum atomic E-state index is 12.7. The quantitative estimate of drug-likeness (QED) is 0.592. The Bertz CT molecular complexity index is 882. The molecule has 1 aliphatic rings. The molecule has 0 bridgehead atoms. The molecule has 1 unspecified atom stereocenters. The number of pyridine rings is 1. The third-order valence-electron chi connectivity index (χ3n) is 4.67. The molecule has 30 heavy (non-hydrogen) atoms. The zero-order valence-corrected chi connectivity index (χ0v) is 17.5. The number of hydroxylamine groups is 2. The lowest BCUT2D eigenvalue weighted by Gasteiger charge is -2.37. The molecule has 0 radical (unpaired) electrons. The predicted molar refractivity (Wildman–Crippen MR) is 111 cm³/mol. The van der Waals surface area contributed by atoms with Gasteiger partial charge in [-0.25, -0.2) is 9.86 Å². The van der Waals surface area contributed by atoms with Gasteiger partial charge in [0.25, 0.3) is 5.91 Å². The molecule has 2 heterocycles. The Morgan fingerprint density at radius 2 is 2.00 bits per heavy atom. The van der Waals surface area contributed by atoms with Crippen LogP contribution in [0.1, 0.15) is 48.4 Å². The van der Waals surface area contributed by atoms with Gasteiger partial charge in [-0.2, -0.15) is 0 Å². The van der Waals surface area contributed by atoms with E-state index in [2.05, 4.69) is 10.3 Å². The number of hydrogen-bond acceptors (Lipinski definition) is 6. The van der Waals surface area contributed by atoms with E-state index in [4.69, 9.17) is 4.74 Å². The molecule has 1 aromatic heterocycles. The molecule has 1 atom stereocenters. The number of aromatic nitrogens is 1. The van der Waals surface area contributed by atoms with Crippen molar-refractivity contribution in [2.45, 2.75) is 39.0 Å². The third-order valence-corrected chi connectivity index (χ3v) is 4.67. The number of carbonyl (C=O) groups excluding carboxylic acids is 2. The van der Waals surface area contributed by atoms with Crippen LogP contribution in [0.2, 0.25) is 0 Å². The second kappa shape index (κ2) is 9.23. The van der Waals surface area contributed by atoms with Gasteiger partial charge in [-0.15, -0.1) is 0 Å². The van der Waals surface area contributed by atoms with Gasteiger partial charge in [-0.3, -0.25) is 19.9 Å². The first-order chi connectivity index (χ1) is 14.2. The Hall–Kier alpha value is -2.97. The molecule has 1 fully saturated rings. The van der Waals surface area contributed by atoms with E-state index in [0.29, 0.717) is 24.7 Å². The zero-order valence-electron chi connectivity index (χ0n) is 17.5. The van der Waals surface area contributed by atoms with Crippen molar-refractivity contribution in [2.75, 3.05) is 19.6 Å². The van der Waals surface area contributed by atoms with Gasteiger partial charge in [0.15, 0.2) is 0 Å². The number of benzene rings is 1. The average molecular weight is 412 g/mol. The number of piperazine rings is 1. The Morgan fingerprint density at radius 1 is 1.27 bits per heavy atom. The van der Waals surface area contributed by atoms with E-state index >= 15 is 0 Å². The highest BCUT2D eigenvalue weighted by Crippen LogP contribution is 2.25. The number of carbonyl (C=O) groups is 2. The molecule has 1 aromatic carbocycles. The summed E-state index contributed by atoms with van der Waals surface area (Å²) in [6.45, 7) is 7.22. The van der Waals surface area contributed by atoms with Crippen molar-refractivity contribution < 1.29 is 19.5 Å². The smallest absolute Gasteiger partial charge is 0.410 e. The van der Waals surface area contributed by atoms with Crippen LogP contribution in [-0.2, 0) is 11.3 Å². The van der Waals surface area contributed by atoms with Crippen molar-refractivity contribution in [3.63, 3.8) is 0 Å². The fraction of sp³-hybridized carbons (Fsp3) is 0.409. The first kappa shape index (κ1) is 21.7. The largest absolute Gasteiger partial charge is 0.444 e. The van der Waals surface area contributed by atoms with Gasteiger partial charge in [0, 0.05) is 25.8 Å². The van der Waals surface area contributed by atoms with Crippen molar-refractivity contribution in [3.8, 4) is 0 Å². The topological polar surface area (TPSA) is 95.0 Å². The first-order valence-corrected chi connectivity index (χ1v) is 9.95. The molecule has 2 aromatic rings. The van der Waals surface area contributed by atoms with E-state index in [0.717, 1.165) is 11.1 Å². The molecule has 1 aliphatic heterocycles. The van der Waals surface area contributed by atoms with Crippen LogP contribution in [0.25, 0.3) is 0 Å². The second-order valence-electron chi connectivity index (χ2n) is 8.22. The van der Waals surface area contributed by atoms with Crippen LogP contribution in [0.3, 0.4) is 0 Å². The van der Waals surface area contributed by atoms with Gasteiger partial charge < -0.3 is 10.1 Å². The molecule has 2 N–H and O–H groups in total. The fourth-order valence-corrected chi connectivity index (χ4v) is 3.27. The number of hydrogen-bond donors (Lipinski definition) is 2. The SMILES string of the molecule is CC(C)(C)OC(=O)N1CCNCC1c1ccnc(C(=O)N(O)Cc2ccccc2)c1. The third kappa shape index (κ3) is 5.55. The van der Waals surface area contributed by atoms with E-state index in [1.54, 1.807) is 17.0 Å². The van der Waals surface area contributed by atoms with Crippen molar-refractivity contribution >= 4 is 12.0 Å². The number of rotatable bonds is 4. The van der Waals surface area contributed by atoms with Gasteiger partial charge >= 0.3 is 6.09 Å². The number of ether oxygens (including phenoxy) is 1. The minimum absolute atomic E-state index is 0.0561. The number of amides is 2. The Kier molecular flexibility index (Phi) is 6.69. The van der Waals surface area contributed by atoms with E-state index in [1.165, 1.54) is 6.20 Å². The van der Waals surface area contributed by atoms with E-state index in [-0.39, 0.29) is 18.3 Å². The summed E-state index contributed by atoms with van der Waals surface area (Å²) >= 11 is 0. The van der Waals surface area contributed by atoms with Crippen LogP contribution < -0.4 is 5.32 Å². The molecule has 160 valence electrons. The zero-order chi connectivity index (χ0) is 21.7. The molecular weight excluding hydrogens is 384 g/mol. The molecule has 1 saturated heterocycles. The minimum atomic E-state index is -0.603. The van der Waals surface area contributed by atoms with E-state index < -0.39 is 17.6 Å². The summed E-state index contributed by atoms with van der Waals surface area (Å²) in [6.07, 6.45) is 1.12. The van der Waals surface area contributed by atoms with Gasteiger partial charge in [0.1, 0.15) is 11.3 Å². The van der Waals surface area contributed by atoms with Gasteiger partial charge in [-0.05, 0) is 44.0 Å². The molecule has 2 amide bonds. The maximum absolute atomic E-state index is 12.7. The lowest BCUT2D eigenvalue weighted by atomic mass is 10.0. The summed E-state index contributed by atoms with van der Waals surface area (Å²) in [6, 6.07) is 12.3. The van der Waals surface area contributed by atoms with Gasteiger partial charge in [-0.1, -0.05) is 30.3 Å². The predicted octanol–water partition coefficient (Wildman–Crippen LogP) is 2.99. The number of nitrogens with one attached hydrogen (secondary N) is 1. The van der Waals surface area contributed by atoms with Crippen LogP contribution in [0.15, 0.2) is 48.7 Å². The van der Waals surface area contributed by atoms with Crippen LogP contribution in [0.4, 0.5) is 4.79 Å². The van der Waals surface area contributed by atoms with Crippen LogP contribution in [0.5, 0.6) is 0 Å². The van der Waals surface area contributed by atoms with Crippen LogP contribution in [0, 0.1) is 0 Å². The van der Waals surface area contributed by atoms with Gasteiger partial charge in [0.05, 0.1) is 12.6 Å². The van der Waals surface area contributed by atoms with E-state index in [9.17, 15) is 14.8 Å². The van der Waals surface area contributed by atoms with Crippen LogP contribution >= 0.6 is 0 Å². The van der Waals surface area contributed by atoms with Crippen molar-refractivity contribution in [1.29, 1.82) is 0 Å². The summed E-state index contributed by atoms with van der Waals surface area (Å²) in [5, 5.41) is 14.2. The van der Waals surface area contributed by atoms with Crippen LogP contribution in [-0.4, -0.2) is 57.4 Å². The van der Waals surface area contributed by atoms with Crippen molar-refractivity contribution in [3.05, 3.63) is 65.5 Å². The average Bonchev–Trinajstić information content (AvgIpc) is 2.73.